The van der Waals surface area contributed by atoms with Gasteiger partial charge in [0.2, 0.25) is 0 Å². The van der Waals surface area contributed by atoms with Crippen molar-refractivity contribution in [1.82, 2.24) is 10.2 Å². The maximum Gasteiger partial charge on any atom is 0.122 e. The first kappa shape index (κ1) is 10.7. The van der Waals surface area contributed by atoms with Gasteiger partial charge in [-0.3, -0.25) is 4.99 Å². The van der Waals surface area contributed by atoms with Crippen LogP contribution in [-0.4, -0.2) is 55.6 Å². The number of rotatable bonds is 3. The molecule has 2 rings (SSSR count). The van der Waals surface area contributed by atoms with Crippen LogP contribution in [0.3, 0.4) is 0 Å². The molecular formula is C10H16N4S. The summed E-state index contributed by atoms with van der Waals surface area (Å²) in [7, 11) is 4.05. The molecule has 2 aliphatic heterocycles. The Balaban J connectivity index is 2.02. The summed E-state index contributed by atoms with van der Waals surface area (Å²) in [5.41, 5.74) is 0. The second kappa shape index (κ2) is 4.81. The lowest BCUT2D eigenvalue weighted by atomic mass is 10.1. The molecule has 0 saturated heterocycles. The second-order valence-electron chi connectivity index (χ2n) is 3.65. The summed E-state index contributed by atoms with van der Waals surface area (Å²) in [4.78, 5) is 10.9. The highest BCUT2D eigenvalue weighted by Crippen LogP contribution is 2.30. The van der Waals surface area contributed by atoms with Crippen molar-refractivity contribution >= 4 is 23.9 Å². The van der Waals surface area contributed by atoms with Crippen LogP contribution >= 0.6 is 11.8 Å². The first-order chi connectivity index (χ1) is 7.33. The van der Waals surface area contributed by atoms with E-state index >= 15 is 0 Å². The topological polar surface area (TPSA) is 40.0 Å². The van der Waals surface area contributed by atoms with Crippen molar-refractivity contribution in [2.24, 2.45) is 9.98 Å². The van der Waals surface area contributed by atoms with Gasteiger partial charge < -0.3 is 10.2 Å². The first-order valence-electron chi connectivity index (χ1n) is 5.10. The third kappa shape index (κ3) is 2.23. The zero-order valence-corrected chi connectivity index (χ0v) is 9.87. The molecule has 0 aromatic rings. The van der Waals surface area contributed by atoms with Crippen LogP contribution in [0.1, 0.15) is 0 Å². The van der Waals surface area contributed by atoms with Gasteiger partial charge in [-0.1, -0.05) is 6.08 Å². The molecule has 0 radical (unpaired) electrons. The number of likely N-dealkylation sites (N-methyl/N-ethyl adjacent to an activating group) is 2. The molecule has 0 spiro atoms. The minimum Gasteiger partial charge on any atom is -0.361 e. The van der Waals surface area contributed by atoms with Gasteiger partial charge in [0.05, 0.1) is 11.3 Å². The molecule has 0 bridgehead atoms. The maximum absolute atomic E-state index is 4.39. The lowest BCUT2D eigenvalue weighted by Crippen LogP contribution is -2.42. The Bertz CT molecular complexity index is 311. The SMILES string of the molecule is CNCCN(C)C1=NC=NC2C=CSC12. The van der Waals surface area contributed by atoms with Gasteiger partial charge in [0.25, 0.3) is 0 Å². The van der Waals surface area contributed by atoms with Crippen molar-refractivity contribution in [2.75, 3.05) is 27.2 Å². The van der Waals surface area contributed by atoms with E-state index in [0.717, 1.165) is 18.9 Å². The van der Waals surface area contributed by atoms with Crippen LogP contribution in [0.4, 0.5) is 0 Å². The van der Waals surface area contributed by atoms with E-state index in [2.05, 4.69) is 38.7 Å². The minimum absolute atomic E-state index is 0.291. The Kier molecular flexibility index (Phi) is 3.43. The smallest absolute Gasteiger partial charge is 0.122 e. The molecule has 0 aliphatic carbocycles. The van der Waals surface area contributed by atoms with Crippen LogP contribution in [0.25, 0.3) is 0 Å². The molecule has 4 nitrogen and oxygen atoms in total. The highest BCUT2D eigenvalue weighted by atomic mass is 32.2. The molecular weight excluding hydrogens is 208 g/mol. The summed E-state index contributed by atoms with van der Waals surface area (Å²) in [6, 6.07) is 0.291. The van der Waals surface area contributed by atoms with E-state index in [-0.39, 0.29) is 0 Å². The summed E-state index contributed by atoms with van der Waals surface area (Å²) < 4.78 is 0. The molecule has 2 heterocycles. The molecule has 2 unspecified atom stereocenters. The van der Waals surface area contributed by atoms with Crippen LogP contribution in [0.15, 0.2) is 21.5 Å². The van der Waals surface area contributed by atoms with Gasteiger partial charge in [0, 0.05) is 20.1 Å². The average molecular weight is 224 g/mol. The van der Waals surface area contributed by atoms with Gasteiger partial charge in [-0.25, -0.2) is 4.99 Å². The number of hydrogen-bond donors (Lipinski definition) is 1. The highest BCUT2D eigenvalue weighted by Gasteiger charge is 2.31. The highest BCUT2D eigenvalue weighted by molar-refractivity contribution is 8.03. The fourth-order valence-corrected chi connectivity index (χ4v) is 2.79. The molecule has 2 aliphatic rings. The van der Waals surface area contributed by atoms with E-state index in [1.807, 2.05) is 18.8 Å². The summed E-state index contributed by atoms with van der Waals surface area (Å²) in [5, 5.41) is 5.66. The van der Waals surface area contributed by atoms with Gasteiger partial charge in [-0.15, -0.1) is 11.8 Å². The maximum atomic E-state index is 4.39. The molecule has 0 saturated carbocycles. The van der Waals surface area contributed by atoms with E-state index in [1.165, 1.54) is 0 Å². The van der Waals surface area contributed by atoms with E-state index in [9.17, 15) is 0 Å². The number of nitrogens with zero attached hydrogens (tertiary/aromatic N) is 3. The predicted molar refractivity (Wildman–Crippen MR) is 66.8 cm³/mol. The molecule has 0 aromatic heterocycles. The summed E-state index contributed by atoms with van der Waals surface area (Å²) in [5.74, 6) is 1.14. The predicted octanol–water partition coefficient (Wildman–Crippen LogP) is 0.576. The normalized spacial score (nSPS) is 27.7. The third-order valence-corrected chi connectivity index (χ3v) is 3.68. The molecule has 82 valence electrons. The zero-order valence-electron chi connectivity index (χ0n) is 9.05. The van der Waals surface area contributed by atoms with Gasteiger partial charge in [0.15, 0.2) is 0 Å². The van der Waals surface area contributed by atoms with Crippen molar-refractivity contribution < 1.29 is 0 Å². The fraction of sp³-hybridized carbons (Fsp3) is 0.600. The quantitative estimate of drug-likeness (QED) is 0.762. The Labute approximate surface area is 94.5 Å². The van der Waals surface area contributed by atoms with Crippen LogP contribution in [0.5, 0.6) is 0 Å². The molecule has 1 N–H and O–H groups in total. The standard InChI is InChI=1S/C10H16N4S/c1-11-4-5-14(2)10-9-8(3-6-15-9)12-7-13-10/h3,6-9,11H,4-5H2,1-2H3. The molecule has 0 aromatic carbocycles. The monoisotopic (exact) mass is 224 g/mol. The number of thioether (sulfide) groups is 1. The Morgan fingerprint density at radius 1 is 1.60 bits per heavy atom. The van der Waals surface area contributed by atoms with E-state index in [0.29, 0.717) is 11.3 Å². The van der Waals surface area contributed by atoms with Crippen molar-refractivity contribution in [3.63, 3.8) is 0 Å². The largest absolute Gasteiger partial charge is 0.361 e. The second-order valence-corrected chi connectivity index (χ2v) is 4.70. The van der Waals surface area contributed by atoms with Gasteiger partial charge in [0.1, 0.15) is 12.2 Å². The molecule has 15 heavy (non-hydrogen) atoms. The first-order valence-corrected chi connectivity index (χ1v) is 6.04. The summed E-state index contributed by atoms with van der Waals surface area (Å²) in [6.07, 6.45) is 3.83. The Morgan fingerprint density at radius 2 is 2.47 bits per heavy atom. The van der Waals surface area contributed by atoms with Gasteiger partial charge in [-0.2, -0.15) is 0 Å². The fourth-order valence-electron chi connectivity index (χ4n) is 1.69. The summed E-state index contributed by atoms with van der Waals surface area (Å²) >= 11 is 1.81. The Morgan fingerprint density at radius 3 is 3.27 bits per heavy atom. The van der Waals surface area contributed by atoms with Crippen molar-refractivity contribution in [2.45, 2.75) is 11.3 Å². The van der Waals surface area contributed by atoms with Crippen molar-refractivity contribution in [1.29, 1.82) is 0 Å². The summed E-state index contributed by atoms with van der Waals surface area (Å²) in [6.45, 7) is 1.95. The van der Waals surface area contributed by atoms with Crippen molar-refractivity contribution in [3.05, 3.63) is 11.5 Å². The van der Waals surface area contributed by atoms with Crippen LogP contribution in [0, 0.1) is 0 Å². The van der Waals surface area contributed by atoms with E-state index in [4.69, 9.17) is 0 Å². The van der Waals surface area contributed by atoms with Crippen LogP contribution < -0.4 is 5.32 Å². The third-order valence-electron chi connectivity index (χ3n) is 2.58. The number of fused-ring (bicyclic) bond motifs is 1. The van der Waals surface area contributed by atoms with Gasteiger partial charge >= 0.3 is 0 Å². The number of aliphatic imine (C=N–C) groups is 2. The zero-order chi connectivity index (χ0) is 10.7. The Hall–Kier alpha value is -0.810. The number of hydrogen-bond acceptors (Lipinski definition) is 5. The molecule has 0 amide bonds. The molecule has 5 heteroatoms. The minimum atomic E-state index is 0.291. The lowest BCUT2D eigenvalue weighted by Gasteiger charge is -2.28. The number of amidine groups is 1. The van der Waals surface area contributed by atoms with Crippen molar-refractivity contribution in [3.8, 4) is 0 Å². The van der Waals surface area contributed by atoms with Gasteiger partial charge in [-0.05, 0) is 12.5 Å². The average Bonchev–Trinajstić information content (AvgIpc) is 2.73. The molecule has 0 fully saturated rings. The number of nitrogens with one attached hydrogen (secondary N) is 1. The van der Waals surface area contributed by atoms with Crippen LogP contribution in [-0.2, 0) is 0 Å². The van der Waals surface area contributed by atoms with Crippen LogP contribution in [0.2, 0.25) is 0 Å². The molecule has 2 atom stereocenters. The van der Waals surface area contributed by atoms with E-state index < -0.39 is 0 Å². The lowest BCUT2D eigenvalue weighted by molar-refractivity contribution is 0.483. The van der Waals surface area contributed by atoms with E-state index in [1.54, 1.807) is 6.34 Å².